The summed E-state index contributed by atoms with van der Waals surface area (Å²) in [5.74, 6) is -22.8. The fourth-order valence-corrected chi connectivity index (χ4v) is 8.38. The number of carbonyl (C=O) groups is 4. The van der Waals surface area contributed by atoms with Gasteiger partial charge < -0.3 is 5.11 Å². The molecule has 232 valence electrons. The molecule has 4 aliphatic rings. The van der Waals surface area contributed by atoms with Crippen molar-refractivity contribution in [3.8, 4) is 5.75 Å². The van der Waals surface area contributed by atoms with E-state index in [0.29, 0.717) is 0 Å². The van der Waals surface area contributed by atoms with Gasteiger partial charge in [-0.2, -0.15) is 5.06 Å². The third kappa shape index (κ3) is 3.46. The number of carbonyl (C=O) groups excluding carboxylic acids is 4. The fraction of sp³-hybridized carbons (Fsp3) is 0.267. The number of alkyl halides is 2. The van der Waals surface area contributed by atoms with Crippen molar-refractivity contribution in [2.24, 2.45) is 17.8 Å². The normalized spacial score (nSPS) is 31.0. The molecule has 3 fully saturated rings. The van der Waals surface area contributed by atoms with E-state index in [-0.39, 0.29) is 44.0 Å². The zero-order valence-corrected chi connectivity index (χ0v) is 23.8. The number of imide groups is 2. The quantitative estimate of drug-likeness (QED) is 0.0740. The standard InChI is InChI=1S/C30H17Cl2F5N2O6/c31-29-9-15-13(5-6-14-17(15)26(42)39(45)25(14)41)18(12-7-8-16(40)11-4-2-1-3-10(11)12)30(29,32)28(44)38(27(29)43)24-22(36)20(34)19(33)21(35)23(24)37/h1-5,7-8,14-15,17-18,40,45H,6,9H2. The van der Waals surface area contributed by atoms with Gasteiger partial charge in [0, 0.05) is 11.3 Å². The van der Waals surface area contributed by atoms with Crippen molar-refractivity contribution in [2.75, 3.05) is 4.90 Å². The highest BCUT2D eigenvalue weighted by atomic mass is 35.5. The van der Waals surface area contributed by atoms with E-state index in [4.69, 9.17) is 23.2 Å². The summed E-state index contributed by atoms with van der Waals surface area (Å²) in [7, 11) is 0. The number of hydrogen-bond acceptors (Lipinski definition) is 6. The molecule has 0 aromatic heterocycles. The van der Waals surface area contributed by atoms with Crippen LogP contribution in [0.5, 0.6) is 5.75 Å². The second-order valence-electron chi connectivity index (χ2n) is 11.4. The Kier molecular flexibility index (Phi) is 6.24. The zero-order chi connectivity index (χ0) is 32.5. The molecule has 3 aromatic rings. The van der Waals surface area contributed by atoms with E-state index in [1.165, 1.54) is 24.3 Å². The monoisotopic (exact) mass is 666 g/mol. The highest BCUT2D eigenvalue weighted by Gasteiger charge is 2.77. The maximum atomic E-state index is 15.1. The SMILES string of the molecule is O=C1C2CC=C3C(CC4(Cl)C(=O)N(c5c(F)c(F)c(F)c(F)c5F)C(=O)C4(Cl)C3c3ccc(O)c4ccccc34)C2C(=O)N1O. The summed E-state index contributed by atoms with van der Waals surface area (Å²) in [6, 6.07) is 8.86. The van der Waals surface area contributed by atoms with Crippen LogP contribution in [0.1, 0.15) is 24.3 Å². The van der Waals surface area contributed by atoms with Crippen molar-refractivity contribution < 1.29 is 51.4 Å². The summed E-state index contributed by atoms with van der Waals surface area (Å²) in [5, 5.41) is 21.2. The lowest BCUT2D eigenvalue weighted by atomic mass is 9.56. The Balaban J connectivity index is 1.53. The summed E-state index contributed by atoms with van der Waals surface area (Å²) < 4.78 is 72.8. The van der Waals surface area contributed by atoms with Crippen LogP contribution in [0, 0.1) is 46.8 Å². The predicted molar refractivity (Wildman–Crippen MR) is 146 cm³/mol. The molecule has 3 aromatic carbocycles. The Morgan fingerprint density at radius 1 is 0.778 bits per heavy atom. The summed E-state index contributed by atoms with van der Waals surface area (Å²) in [5.41, 5.74) is -1.50. The molecule has 15 heteroatoms. The summed E-state index contributed by atoms with van der Waals surface area (Å²) in [6.45, 7) is 0. The maximum Gasteiger partial charge on any atom is 0.258 e. The third-order valence-electron chi connectivity index (χ3n) is 9.44. The minimum Gasteiger partial charge on any atom is -0.507 e. The van der Waals surface area contributed by atoms with Crippen molar-refractivity contribution >= 4 is 63.3 Å². The van der Waals surface area contributed by atoms with Crippen molar-refractivity contribution in [1.82, 2.24) is 5.06 Å². The number of benzene rings is 3. The molecule has 6 unspecified atom stereocenters. The Labute approximate surface area is 259 Å². The van der Waals surface area contributed by atoms with Crippen molar-refractivity contribution in [3.05, 3.63) is 82.7 Å². The van der Waals surface area contributed by atoms with Crippen LogP contribution in [0.15, 0.2) is 48.0 Å². The number of nitrogens with zero attached hydrogens (tertiary/aromatic N) is 2. The molecule has 8 nitrogen and oxygen atoms in total. The van der Waals surface area contributed by atoms with Crippen LogP contribution in [0.3, 0.4) is 0 Å². The zero-order valence-electron chi connectivity index (χ0n) is 22.3. The molecule has 2 saturated heterocycles. The first kappa shape index (κ1) is 29.6. The van der Waals surface area contributed by atoms with Crippen molar-refractivity contribution in [2.45, 2.75) is 28.5 Å². The maximum absolute atomic E-state index is 15.1. The van der Waals surface area contributed by atoms with Gasteiger partial charge in [0.05, 0.1) is 11.8 Å². The molecule has 45 heavy (non-hydrogen) atoms. The Morgan fingerprint density at radius 3 is 2.02 bits per heavy atom. The van der Waals surface area contributed by atoms with Gasteiger partial charge in [-0.15, -0.1) is 23.2 Å². The van der Waals surface area contributed by atoms with E-state index >= 15 is 8.78 Å². The van der Waals surface area contributed by atoms with E-state index in [2.05, 4.69) is 0 Å². The first-order valence-electron chi connectivity index (χ1n) is 13.4. The number of anilines is 1. The van der Waals surface area contributed by atoms with Gasteiger partial charge in [-0.1, -0.05) is 42.0 Å². The van der Waals surface area contributed by atoms with Crippen molar-refractivity contribution in [1.29, 1.82) is 0 Å². The molecule has 2 heterocycles. The number of hydrogen-bond donors (Lipinski definition) is 2. The van der Waals surface area contributed by atoms with Gasteiger partial charge in [-0.25, -0.2) is 26.9 Å². The first-order chi connectivity index (χ1) is 21.2. The van der Waals surface area contributed by atoms with Gasteiger partial charge in [-0.05, 0) is 35.8 Å². The number of hydroxylamine groups is 2. The van der Waals surface area contributed by atoms with Gasteiger partial charge in [-0.3, -0.25) is 24.4 Å². The van der Waals surface area contributed by atoms with Gasteiger partial charge >= 0.3 is 0 Å². The molecule has 7 rings (SSSR count). The number of halogens is 7. The summed E-state index contributed by atoms with van der Waals surface area (Å²) >= 11 is 14.1. The van der Waals surface area contributed by atoms with E-state index in [0.717, 1.165) is 0 Å². The second kappa shape index (κ2) is 9.47. The molecule has 0 spiro atoms. The molecule has 0 bridgehead atoms. The fourth-order valence-electron chi connectivity index (χ4n) is 7.45. The average molecular weight is 667 g/mol. The topological polar surface area (TPSA) is 115 Å². The van der Waals surface area contributed by atoms with Crippen LogP contribution in [-0.4, -0.2) is 48.8 Å². The lowest BCUT2D eigenvalue weighted by Crippen LogP contribution is -2.60. The predicted octanol–water partition coefficient (Wildman–Crippen LogP) is 5.19. The minimum absolute atomic E-state index is 0.0523. The number of aromatic hydroxyl groups is 1. The van der Waals surface area contributed by atoms with Crippen LogP contribution in [0.2, 0.25) is 0 Å². The summed E-state index contributed by atoms with van der Waals surface area (Å²) in [4.78, 5) is 48.6. The van der Waals surface area contributed by atoms with E-state index < -0.39 is 98.2 Å². The van der Waals surface area contributed by atoms with Crippen LogP contribution in [0.25, 0.3) is 10.8 Å². The number of allylic oxidation sites excluding steroid dienone is 2. The molecular formula is C30H17Cl2F5N2O6. The molecule has 2 N–H and O–H groups in total. The Morgan fingerprint density at radius 2 is 1.38 bits per heavy atom. The Hall–Kier alpha value is -4.07. The van der Waals surface area contributed by atoms with Gasteiger partial charge in [0.15, 0.2) is 33.0 Å². The number of amides is 4. The molecule has 2 aliphatic carbocycles. The Bertz CT molecular complexity index is 1950. The molecule has 2 aliphatic heterocycles. The average Bonchev–Trinajstić information content (AvgIpc) is 3.33. The molecule has 6 atom stereocenters. The van der Waals surface area contributed by atoms with E-state index in [9.17, 15) is 42.7 Å². The first-order valence-corrected chi connectivity index (χ1v) is 14.2. The van der Waals surface area contributed by atoms with Crippen LogP contribution in [0.4, 0.5) is 27.6 Å². The van der Waals surface area contributed by atoms with Gasteiger partial charge in [0.25, 0.3) is 23.6 Å². The van der Waals surface area contributed by atoms with E-state index in [1.54, 1.807) is 18.2 Å². The molecular weight excluding hydrogens is 650 g/mol. The van der Waals surface area contributed by atoms with Crippen LogP contribution in [-0.2, 0) is 19.2 Å². The lowest BCUT2D eigenvalue weighted by Gasteiger charge is -2.51. The lowest BCUT2D eigenvalue weighted by molar-refractivity contribution is -0.173. The number of phenols is 1. The van der Waals surface area contributed by atoms with Crippen LogP contribution >= 0.6 is 23.2 Å². The third-order valence-corrected chi connectivity index (χ3v) is 10.9. The van der Waals surface area contributed by atoms with Crippen molar-refractivity contribution in [3.63, 3.8) is 0 Å². The molecule has 0 radical (unpaired) electrons. The minimum atomic E-state index is -2.70. The number of rotatable bonds is 2. The van der Waals surface area contributed by atoms with Crippen LogP contribution < -0.4 is 4.90 Å². The largest absolute Gasteiger partial charge is 0.507 e. The summed E-state index contributed by atoms with van der Waals surface area (Å²) in [6.07, 6.45) is 0.694. The second-order valence-corrected chi connectivity index (χ2v) is 12.6. The smallest absolute Gasteiger partial charge is 0.258 e. The van der Waals surface area contributed by atoms with E-state index in [1.807, 2.05) is 0 Å². The molecule has 1 saturated carbocycles. The molecule has 4 amide bonds. The number of phenolic OH excluding ortho intramolecular Hbond substituents is 1. The highest BCUT2D eigenvalue weighted by Crippen LogP contribution is 2.66. The van der Waals surface area contributed by atoms with Gasteiger partial charge in [0.2, 0.25) is 5.82 Å². The van der Waals surface area contributed by atoms with Gasteiger partial charge in [0.1, 0.15) is 11.4 Å². The highest BCUT2D eigenvalue weighted by molar-refractivity contribution is 6.58. The number of fused-ring (bicyclic) bond motifs is 5.